The van der Waals surface area contributed by atoms with Crippen molar-refractivity contribution in [3.63, 3.8) is 0 Å². The number of piperidine rings is 1. The normalized spacial score (nSPS) is 17.4. The van der Waals surface area contributed by atoms with Gasteiger partial charge in [0.25, 0.3) is 5.56 Å². The molecule has 2 heterocycles. The van der Waals surface area contributed by atoms with Crippen molar-refractivity contribution >= 4 is 22.6 Å². The molecule has 0 radical (unpaired) electrons. The van der Waals surface area contributed by atoms with E-state index in [-0.39, 0.29) is 29.8 Å². The largest absolute Gasteiger partial charge is 0.343 e. The molecule has 1 aliphatic rings. The third-order valence-corrected chi connectivity index (χ3v) is 5.23. The summed E-state index contributed by atoms with van der Waals surface area (Å²) < 4.78 is 1.22. The molecule has 1 atom stereocenters. The topological polar surface area (TPSA) is 84.3 Å². The van der Waals surface area contributed by atoms with Crippen LogP contribution in [0.3, 0.4) is 0 Å². The van der Waals surface area contributed by atoms with E-state index in [0.717, 1.165) is 29.6 Å². The molecule has 0 spiro atoms. The van der Waals surface area contributed by atoms with E-state index < -0.39 is 6.04 Å². The zero-order valence-electron chi connectivity index (χ0n) is 17.0. The Morgan fingerprint density at radius 2 is 2.04 bits per heavy atom. The molecule has 7 heteroatoms. The number of benzene rings is 1. The van der Waals surface area contributed by atoms with Gasteiger partial charge in [-0.25, -0.2) is 4.68 Å². The van der Waals surface area contributed by atoms with Gasteiger partial charge in [-0.15, -0.1) is 0 Å². The van der Waals surface area contributed by atoms with Crippen molar-refractivity contribution in [2.75, 3.05) is 13.1 Å². The zero-order chi connectivity index (χ0) is 20.4. The van der Waals surface area contributed by atoms with Crippen LogP contribution in [0.1, 0.15) is 50.8 Å². The molecule has 7 nitrogen and oxygen atoms in total. The number of aromatic nitrogens is 2. The van der Waals surface area contributed by atoms with Gasteiger partial charge in [0, 0.05) is 18.5 Å². The predicted molar refractivity (Wildman–Crippen MR) is 108 cm³/mol. The van der Waals surface area contributed by atoms with Crippen LogP contribution in [0.4, 0.5) is 0 Å². The van der Waals surface area contributed by atoms with E-state index in [1.54, 1.807) is 11.0 Å². The molecule has 150 valence electrons. The molecule has 0 bridgehead atoms. The summed E-state index contributed by atoms with van der Waals surface area (Å²) in [6, 6.07) is 5.12. The zero-order valence-corrected chi connectivity index (χ0v) is 17.0. The lowest BCUT2D eigenvalue weighted by molar-refractivity contribution is -0.138. The summed E-state index contributed by atoms with van der Waals surface area (Å²) in [5.74, 6) is -0.316. The second-order valence-electron chi connectivity index (χ2n) is 7.73. The monoisotopic (exact) mass is 384 g/mol. The average molecular weight is 384 g/mol. The fourth-order valence-corrected chi connectivity index (χ4v) is 3.72. The van der Waals surface area contributed by atoms with Gasteiger partial charge in [0.2, 0.25) is 11.8 Å². The van der Waals surface area contributed by atoms with Crippen LogP contribution in [0.25, 0.3) is 10.8 Å². The van der Waals surface area contributed by atoms with Gasteiger partial charge in [0.15, 0.2) is 0 Å². The highest BCUT2D eigenvalue weighted by atomic mass is 16.2. The number of likely N-dealkylation sites (tertiary alicyclic amines) is 1. The summed E-state index contributed by atoms with van der Waals surface area (Å²) in [6.07, 6.45) is 1.48. The second-order valence-corrected chi connectivity index (χ2v) is 7.73. The lowest BCUT2D eigenvalue weighted by Gasteiger charge is -2.31. The first-order valence-corrected chi connectivity index (χ1v) is 9.91. The molecule has 1 aromatic carbocycles. The number of rotatable bonds is 5. The standard InChI is InChI=1S/C21H28N4O3/c1-5-24-10-6-7-17(21(24)28)22-18(26)12-25-20(27)15-9-8-14(4)11-16(15)19(23-25)13(2)3/h8-9,11,13,17H,5-7,10,12H2,1-4H3,(H,22,26)/t17-/m0/s1. The Morgan fingerprint density at radius 3 is 2.71 bits per heavy atom. The number of likely N-dealkylation sites (N-methyl/N-ethyl adjacent to an activating group) is 1. The summed E-state index contributed by atoms with van der Waals surface area (Å²) in [7, 11) is 0. The van der Waals surface area contributed by atoms with Gasteiger partial charge >= 0.3 is 0 Å². The minimum Gasteiger partial charge on any atom is -0.343 e. The fraction of sp³-hybridized carbons (Fsp3) is 0.524. The number of carbonyl (C=O) groups is 2. The van der Waals surface area contributed by atoms with Crippen LogP contribution in [0, 0.1) is 6.92 Å². The first kappa shape index (κ1) is 20.0. The highest BCUT2D eigenvalue weighted by molar-refractivity contribution is 5.88. The van der Waals surface area contributed by atoms with E-state index >= 15 is 0 Å². The number of hydrogen-bond donors (Lipinski definition) is 1. The molecule has 3 rings (SSSR count). The lowest BCUT2D eigenvalue weighted by Crippen LogP contribution is -2.53. The Labute approximate surface area is 164 Å². The molecule has 2 amide bonds. The second kappa shape index (κ2) is 8.12. The van der Waals surface area contributed by atoms with Gasteiger partial charge in [0.1, 0.15) is 12.6 Å². The van der Waals surface area contributed by atoms with E-state index in [2.05, 4.69) is 10.4 Å². The van der Waals surface area contributed by atoms with Gasteiger partial charge < -0.3 is 10.2 Å². The first-order valence-electron chi connectivity index (χ1n) is 9.91. The van der Waals surface area contributed by atoms with Crippen LogP contribution in [-0.2, 0) is 16.1 Å². The maximum Gasteiger partial charge on any atom is 0.275 e. The van der Waals surface area contributed by atoms with Gasteiger partial charge in [-0.1, -0.05) is 25.5 Å². The summed E-state index contributed by atoms with van der Waals surface area (Å²) in [6.45, 7) is 9.09. The number of nitrogens with zero attached hydrogens (tertiary/aromatic N) is 3. The summed E-state index contributed by atoms with van der Waals surface area (Å²) in [4.78, 5) is 39.5. The Kier molecular flexibility index (Phi) is 5.82. The Bertz CT molecular complexity index is 964. The maximum atomic E-state index is 12.9. The van der Waals surface area contributed by atoms with E-state index in [0.29, 0.717) is 18.4 Å². The molecule has 0 aliphatic carbocycles. The van der Waals surface area contributed by atoms with Gasteiger partial charge in [-0.05, 0) is 44.7 Å². The summed E-state index contributed by atoms with van der Waals surface area (Å²) in [5, 5.41) is 8.65. The minimum atomic E-state index is -0.524. The molecular weight excluding hydrogens is 356 g/mol. The van der Waals surface area contributed by atoms with Crippen LogP contribution >= 0.6 is 0 Å². The highest BCUT2D eigenvalue weighted by Crippen LogP contribution is 2.22. The molecule has 0 saturated carbocycles. The summed E-state index contributed by atoms with van der Waals surface area (Å²) >= 11 is 0. The molecule has 1 aliphatic heterocycles. The van der Waals surface area contributed by atoms with Crippen molar-refractivity contribution < 1.29 is 9.59 Å². The number of nitrogens with one attached hydrogen (secondary N) is 1. The van der Waals surface area contributed by atoms with Crippen LogP contribution < -0.4 is 10.9 Å². The molecule has 0 unspecified atom stereocenters. The van der Waals surface area contributed by atoms with Crippen molar-refractivity contribution in [1.82, 2.24) is 20.0 Å². The Balaban J connectivity index is 1.87. The van der Waals surface area contributed by atoms with E-state index in [9.17, 15) is 14.4 Å². The SMILES string of the molecule is CCN1CCC[C@H](NC(=O)Cn2nc(C(C)C)c3cc(C)ccc3c2=O)C1=O. The average Bonchev–Trinajstić information content (AvgIpc) is 2.65. The fourth-order valence-electron chi connectivity index (χ4n) is 3.72. The molecule has 1 fully saturated rings. The number of carbonyl (C=O) groups excluding carboxylic acids is 2. The number of fused-ring (bicyclic) bond motifs is 1. The van der Waals surface area contributed by atoms with Crippen molar-refractivity contribution in [3.8, 4) is 0 Å². The van der Waals surface area contributed by atoms with Crippen molar-refractivity contribution in [3.05, 3.63) is 39.8 Å². The van der Waals surface area contributed by atoms with Crippen LogP contribution in [0.15, 0.2) is 23.0 Å². The number of amides is 2. The molecular formula is C21H28N4O3. The predicted octanol–water partition coefficient (Wildman–Crippen LogP) is 1.96. The third kappa shape index (κ3) is 3.93. The first-order chi connectivity index (χ1) is 13.3. The summed E-state index contributed by atoms with van der Waals surface area (Å²) in [5.41, 5.74) is 1.55. The van der Waals surface area contributed by atoms with Crippen molar-refractivity contribution in [2.24, 2.45) is 0 Å². The molecule has 2 aromatic rings. The lowest BCUT2D eigenvalue weighted by atomic mass is 10.0. The third-order valence-electron chi connectivity index (χ3n) is 5.23. The van der Waals surface area contributed by atoms with Crippen molar-refractivity contribution in [2.45, 2.75) is 59.0 Å². The Hall–Kier alpha value is -2.70. The Morgan fingerprint density at radius 1 is 1.29 bits per heavy atom. The quantitative estimate of drug-likeness (QED) is 0.854. The molecule has 1 saturated heterocycles. The number of hydrogen-bond acceptors (Lipinski definition) is 4. The minimum absolute atomic E-state index is 0.0562. The smallest absolute Gasteiger partial charge is 0.275 e. The molecule has 1 aromatic heterocycles. The van der Waals surface area contributed by atoms with Gasteiger partial charge in [-0.3, -0.25) is 14.4 Å². The maximum absolute atomic E-state index is 12.9. The number of aryl methyl sites for hydroxylation is 1. The van der Waals surface area contributed by atoms with E-state index in [1.165, 1.54) is 4.68 Å². The van der Waals surface area contributed by atoms with Gasteiger partial charge in [0.05, 0.1) is 11.1 Å². The van der Waals surface area contributed by atoms with Crippen LogP contribution in [-0.4, -0.2) is 45.6 Å². The van der Waals surface area contributed by atoms with Gasteiger partial charge in [-0.2, -0.15) is 5.10 Å². The van der Waals surface area contributed by atoms with E-state index in [4.69, 9.17) is 0 Å². The highest BCUT2D eigenvalue weighted by Gasteiger charge is 2.29. The van der Waals surface area contributed by atoms with Crippen LogP contribution in [0.5, 0.6) is 0 Å². The van der Waals surface area contributed by atoms with Crippen molar-refractivity contribution in [1.29, 1.82) is 0 Å². The van der Waals surface area contributed by atoms with E-state index in [1.807, 2.05) is 39.8 Å². The van der Waals surface area contributed by atoms with Crippen LogP contribution in [0.2, 0.25) is 0 Å². The molecule has 28 heavy (non-hydrogen) atoms. The molecule has 1 N–H and O–H groups in total.